The fraction of sp³-hybridized carbons (Fsp3) is 0.444. The summed E-state index contributed by atoms with van der Waals surface area (Å²) in [4.78, 5) is 25.1. The van der Waals surface area contributed by atoms with Gasteiger partial charge in [-0.05, 0) is 45.1 Å². The minimum Gasteiger partial charge on any atom is -0.462 e. The molecule has 0 radical (unpaired) electrons. The van der Waals surface area contributed by atoms with E-state index in [4.69, 9.17) is 4.74 Å². The lowest BCUT2D eigenvalue weighted by Gasteiger charge is -2.32. The number of ether oxygens (including phenoxy) is 1. The number of aromatic nitrogens is 1. The van der Waals surface area contributed by atoms with Crippen LogP contribution in [0.25, 0.3) is 10.9 Å². The Hall–Kier alpha value is -2.31. The Bertz CT molecular complexity index is 976. The number of fused-ring (bicyclic) bond motifs is 4. The summed E-state index contributed by atoms with van der Waals surface area (Å²) in [5.41, 5.74) is -1.30. The molecule has 4 rings (SSSR count). The van der Waals surface area contributed by atoms with Crippen molar-refractivity contribution < 1.29 is 22.7 Å². The van der Waals surface area contributed by atoms with Crippen molar-refractivity contribution in [3.05, 3.63) is 45.0 Å². The van der Waals surface area contributed by atoms with Crippen LogP contribution in [0.5, 0.6) is 0 Å². The lowest BCUT2D eigenvalue weighted by Crippen LogP contribution is -2.34. The molecule has 1 saturated carbocycles. The van der Waals surface area contributed by atoms with Crippen LogP contribution in [0.4, 0.5) is 13.2 Å². The van der Waals surface area contributed by atoms with Crippen molar-refractivity contribution in [2.24, 2.45) is 0 Å². The van der Waals surface area contributed by atoms with Crippen LogP contribution in [0.15, 0.2) is 10.9 Å². The maximum absolute atomic E-state index is 14.6. The highest BCUT2D eigenvalue weighted by Gasteiger charge is 2.49. The zero-order valence-corrected chi connectivity index (χ0v) is 13.6. The third-order valence-corrected chi connectivity index (χ3v) is 5.23. The molecule has 0 unspecified atom stereocenters. The number of carbonyl (C=O) groups excluding carboxylic acids is 1. The Morgan fingerprint density at radius 1 is 1.24 bits per heavy atom. The molecule has 7 heteroatoms. The van der Waals surface area contributed by atoms with E-state index in [1.54, 1.807) is 11.5 Å². The zero-order valence-electron chi connectivity index (χ0n) is 13.6. The van der Waals surface area contributed by atoms with Crippen LogP contribution in [0.3, 0.4) is 0 Å². The molecule has 1 aromatic heterocycles. The molecule has 0 atom stereocenters. The molecule has 1 fully saturated rings. The predicted molar refractivity (Wildman–Crippen MR) is 84.2 cm³/mol. The zero-order chi connectivity index (χ0) is 17.9. The molecule has 2 aromatic rings. The van der Waals surface area contributed by atoms with Gasteiger partial charge in [-0.15, -0.1) is 0 Å². The van der Waals surface area contributed by atoms with Crippen molar-refractivity contribution in [3.63, 3.8) is 0 Å². The molecule has 0 saturated heterocycles. The number of pyridine rings is 1. The van der Waals surface area contributed by atoms with Crippen LogP contribution >= 0.6 is 0 Å². The number of esters is 1. The van der Waals surface area contributed by atoms with Crippen LogP contribution in [-0.2, 0) is 16.7 Å². The average molecular weight is 351 g/mol. The first-order chi connectivity index (χ1) is 11.9. The van der Waals surface area contributed by atoms with Gasteiger partial charge in [0, 0.05) is 11.2 Å². The number of rotatable bonds is 2. The molecule has 0 bridgehead atoms. The van der Waals surface area contributed by atoms with Gasteiger partial charge in [0.25, 0.3) is 0 Å². The van der Waals surface area contributed by atoms with E-state index in [1.807, 2.05) is 0 Å². The molecule has 25 heavy (non-hydrogen) atoms. The van der Waals surface area contributed by atoms with Gasteiger partial charge in [0.05, 0.1) is 17.5 Å². The largest absolute Gasteiger partial charge is 0.462 e. The Morgan fingerprint density at radius 3 is 2.60 bits per heavy atom. The minimum absolute atomic E-state index is 0.0764. The van der Waals surface area contributed by atoms with Crippen LogP contribution in [0.2, 0.25) is 0 Å². The second-order valence-corrected chi connectivity index (χ2v) is 6.67. The van der Waals surface area contributed by atoms with Gasteiger partial charge < -0.3 is 9.30 Å². The third-order valence-electron chi connectivity index (χ3n) is 5.23. The summed E-state index contributed by atoms with van der Waals surface area (Å²) in [7, 11) is 0. The van der Waals surface area contributed by atoms with Crippen molar-refractivity contribution in [1.82, 2.24) is 4.57 Å². The lowest BCUT2D eigenvalue weighted by atomic mass is 9.93. The van der Waals surface area contributed by atoms with Crippen LogP contribution in [-0.4, -0.2) is 17.1 Å². The molecule has 2 aliphatic rings. The first kappa shape index (κ1) is 16.2. The van der Waals surface area contributed by atoms with E-state index in [0.717, 1.165) is 25.7 Å². The predicted octanol–water partition coefficient (Wildman–Crippen LogP) is 3.42. The fourth-order valence-corrected chi connectivity index (χ4v) is 3.98. The normalized spacial score (nSPS) is 17.6. The molecule has 2 heterocycles. The standard InChI is InChI=1S/C18H16F3NO3/c1-2-25-17(24)12-11-4-3-5-18(6-7-18)22(11)15-9(16(12)23)8-10(19)13(20)14(15)21/h8H,2-7H2,1H3. The average Bonchev–Trinajstić information content (AvgIpc) is 3.33. The molecule has 0 N–H and O–H groups in total. The lowest BCUT2D eigenvalue weighted by molar-refractivity contribution is 0.0521. The first-order valence-corrected chi connectivity index (χ1v) is 8.34. The second-order valence-electron chi connectivity index (χ2n) is 6.67. The Kier molecular flexibility index (Phi) is 3.46. The SMILES string of the molecule is CCOC(=O)c1c2n(c3c(F)c(F)c(F)cc3c1=O)C1(CCC2)CC1. The second kappa shape index (κ2) is 5.34. The molecular weight excluding hydrogens is 335 g/mol. The van der Waals surface area contributed by atoms with Crippen molar-refractivity contribution in [2.75, 3.05) is 6.61 Å². The smallest absolute Gasteiger partial charge is 0.343 e. The van der Waals surface area contributed by atoms with E-state index < -0.39 is 34.4 Å². The summed E-state index contributed by atoms with van der Waals surface area (Å²) in [6.45, 7) is 1.69. The van der Waals surface area contributed by atoms with E-state index in [2.05, 4.69) is 0 Å². The monoisotopic (exact) mass is 351 g/mol. The Labute approximate surface area is 141 Å². The quantitative estimate of drug-likeness (QED) is 0.615. The Balaban J connectivity index is 2.19. The summed E-state index contributed by atoms with van der Waals surface area (Å²) in [5.74, 6) is -5.23. The molecule has 1 aliphatic carbocycles. The van der Waals surface area contributed by atoms with Gasteiger partial charge in [-0.1, -0.05) is 0 Å². The van der Waals surface area contributed by atoms with Gasteiger partial charge in [0.1, 0.15) is 5.56 Å². The number of hydrogen-bond donors (Lipinski definition) is 0. The van der Waals surface area contributed by atoms with Crippen molar-refractivity contribution in [1.29, 1.82) is 0 Å². The minimum atomic E-state index is -1.60. The van der Waals surface area contributed by atoms with Crippen molar-refractivity contribution >= 4 is 16.9 Å². The summed E-state index contributed by atoms with van der Waals surface area (Å²) in [5, 5.41) is -0.323. The number of carbonyl (C=O) groups is 1. The van der Waals surface area contributed by atoms with Crippen LogP contribution in [0.1, 0.15) is 48.7 Å². The van der Waals surface area contributed by atoms with E-state index in [9.17, 15) is 22.8 Å². The highest BCUT2D eigenvalue weighted by Crippen LogP contribution is 2.52. The molecule has 1 aromatic carbocycles. The van der Waals surface area contributed by atoms with E-state index in [1.165, 1.54) is 0 Å². The molecular formula is C18H16F3NO3. The number of benzene rings is 1. The molecule has 0 amide bonds. The van der Waals surface area contributed by atoms with E-state index >= 15 is 0 Å². The Morgan fingerprint density at radius 2 is 1.96 bits per heavy atom. The summed E-state index contributed by atoms with van der Waals surface area (Å²) >= 11 is 0. The summed E-state index contributed by atoms with van der Waals surface area (Å²) < 4.78 is 48.7. The van der Waals surface area contributed by atoms with Gasteiger partial charge >= 0.3 is 5.97 Å². The molecule has 132 valence electrons. The van der Waals surface area contributed by atoms with Crippen molar-refractivity contribution in [3.8, 4) is 0 Å². The van der Waals surface area contributed by atoms with Gasteiger partial charge in [0.2, 0.25) is 5.43 Å². The maximum Gasteiger partial charge on any atom is 0.343 e. The highest BCUT2D eigenvalue weighted by atomic mass is 19.2. The number of halogens is 3. The number of nitrogens with zero attached hydrogens (tertiary/aromatic N) is 1. The van der Waals surface area contributed by atoms with Crippen molar-refractivity contribution in [2.45, 2.75) is 44.6 Å². The van der Waals surface area contributed by atoms with E-state index in [0.29, 0.717) is 18.2 Å². The third kappa shape index (κ3) is 2.14. The molecule has 4 nitrogen and oxygen atoms in total. The first-order valence-electron chi connectivity index (χ1n) is 8.34. The van der Waals surface area contributed by atoms with Crippen LogP contribution in [0, 0.1) is 17.5 Å². The van der Waals surface area contributed by atoms with Crippen LogP contribution < -0.4 is 5.43 Å². The van der Waals surface area contributed by atoms with E-state index in [-0.39, 0.29) is 23.1 Å². The number of hydrogen-bond acceptors (Lipinski definition) is 3. The van der Waals surface area contributed by atoms with Gasteiger partial charge in [-0.2, -0.15) is 0 Å². The topological polar surface area (TPSA) is 48.3 Å². The van der Waals surface area contributed by atoms with Gasteiger partial charge in [-0.3, -0.25) is 4.79 Å². The molecule has 1 spiro atoms. The summed E-state index contributed by atoms with van der Waals surface area (Å²) in [6.07, 6.45) is 3.37. The maximum atomic E-state index is 14.6. The summed E-state index contributed by atoms with van der Waals surface area (Å²) in [6, 6.07) is 0.677. The van der Waals surface area contributed by atoms with Gasteiger partial charge in [0.15, 0.2) is 17.5 Å². The highest BCUT2D eigenvalue weighted by molar-refractivity contribution is 5.96. The molecule has 1 aliphatic heterocycles. The fourth-order valence-electron chi connectivity index (χ4n) is 3.98. The van der Waals surface area contributed by atoms with Gasteiger partial charge in [-0.25, -0.2) is 18.0 Å².